The highest BCUT2D eigenvalue weighted by Gasteiger charge is 1.95. The first-order chi connectivity index (χ1) is 13.6. The maximum absolute atomic E-state index is 10.4. The van der Waals surface area contributed by atoms with Crippen LogP contribution in [-0.2, 0) is 4.79 Å². The Labute approximate surface area is 170 Å². The molecule has 0 aliphatic rings. The number of carbonyl (C=O) groups is 1. The van der Waals surface area contributed by atoms with Crippen molar-refractivity contribution in [3.05, 3.63) is 72.9 Å². The van der Waals surface area contributed by atoms with Crippen LogP contribution in [0.3, 0.4) is 0 Å². The topological polar surface area (TPSA) is 77.8 Å². The van der Waals surface area contributed by atoms with E-state index in [4.69, 9.17) is 5.11 Å². The molecular weight excluding hydrogens is 352 g/mol. The molecule has 0 spiro atoms. The van der Waals surface area contributed by atoms with Gasteiger partial charge in [-0.25, -0.2) is 0 Å². The zero-order valence-corrected chi connectivity index (χ0v) is 17.0. The second kappa shape index (κ2) is 19.6. The van der Waals surface area contributed by atoms with Crippen LogP contribution in [0.15, 0.2) is 72.9 Å². The van der Waals surface area contributed by atoms with Gasteiger partial charge in [0, 0.05) is 6.42 Å². The van der Waals surface area contributed by atoms with Gasteiger partial charge in [0.05, 0.1) is 12.2 Å². The third-order valence-corrected chi connectivity index (χ3v) is 3.77. The van der Waals surface area contributed by atoms with E-state index in [0.717, 1.165) is 32.1 Å². The molecule has 0 aromatic carbocycles. The Kier molecular flexibility index (Phi) is 18.1. The van der Waals surface area contributed by atoms with Crippen LogP contribution < -0.4 is 0 Å². The van der Waals surface area contributed by atoms with E-state index in [1.807, 2.05) is 36.5 Å². The molecule has 0 amide bonds. The molecule has 0 fully saturated rings. The highest BCUT2D eigenvalue weighted by atomic mass is 16.4. The molecule has 0 aromatic heterocycles. The van der Waals surface area contributed by atoms with Crippen molar-refractivity contribution in [3.8, 4) is 0 Å². The number of carboxylic acids is 1. The number of hydrogen-bond donors (Lipinski definition) is 3. The van der Waals surface area contributed by atoms with Crippen molar-refractivity contribution >= 4 is 5.97 Å². The molecule has 156 valence electrons. The van der Waals surface area contributed by atoms with E-state index in [-0.39, 0.29) is 6.42 Å². The molecule has 0 aromatic rings. The summed E-state index contributed by atoms with van der Waals surface area (Å²) in [5.74, 6) is -0.735. The number of carboxylic acid groups (broad SMARTS) is 1. The minimum Gasteiger partial charge on any atom is -0.481 e. The van der Waals surface area contributed by atoms with E-state index in [9.17, 15) is 15.0 Å². The summed E-state index contributed by atoms with van der Waals surface area (Å²) in [5, 5.41) is 28.1. The number of hydrogen-bond acceptors (Lipinski definition) is 3. The molecule has 0 radical (unpaired) electrons. The summed E-state index contributed by atoms with van der Waals surface area (Å²) in [5.41, 5.74) is 0. The fraction of sp³-hybridized carbons (Fsp3) is 0.458. The van der Waals surface area contributed by atoms with Crippen LogP contribution in [0.4, 0.5) is 0 Å². The van der Waals surface area contributed by atoms with Gasteiger partial charge in [0.25, 0.3) is 0 Å². The van der Waals surface area contributed by atoms with E-state index in [1.165, 1.54) is 0 Å². The van der Waals surface area contributed by atoms with Gasteiger partial charge >= 0.3 is 5.97 Å². The lowest BCUT2D eigenvalue weighted by atomic mass is 10.1. The molecule has 28 heavy (non-hydrogen) atoms. The quantitative estimate of drug-likeness (QED) is 0.191. The van der Waals surface area contributed by atoms with Crippen LogP contribution in [0.5, 0.6) is 0 Å². The molecule has 2 atom stereocenters. The van der Waals surface area contributed by atoms with Gasteiger partial charge in [-0.05, 0) is 44.9 Å². The highest BCUT2D eigenvalue weighted by Crippen LogP contribution is 2.02. The molecule has 0 aliphatic carbocycles. The zero-order valence-electron chi connectivity index (χ0n) is 17.0. The SMILES string of the molecule is CC/C=C\CC(O)\C=C/C=C/C=C/C(O)C/C=C\C/C=C\CCCCC(=O)O. The van der Waals surface area contributed by atoms with Crippen molar-refractivity contribution in [3.63, 3.8) is 0 Å². The van der Waals surface area contributed by atoms with Crippen molar-refractivity contribution in [1.29, 1.82) is 0 Å². The van der Waals surface area contributed by atoms with E-state index in [2.05, 4.69) is 19.1 Å². The van der Waals surface area contributed by atoms with Crippen molar-refractivity contribution < 1.29 is 20.1 Å². The predicted molar refractivity (Wildman–Crippen MR) is 117 cm³/mol. The van der Waals surface area contributed by atoms with Gasteiger partial charge in [-0.3, -0.25) is 4.79 Å². The first-order valence-corrected chi connectivity index (χ1v) is 10.1. The summed E-state index contributed by atoms with van der Waals surface area (Å²) in [6.07, 6.45) is 27.6. The fourth-order valence-electron chi connectivity index (χ4n) is 2.24. The monoisotopic (exact) mass is 388 g/mol. The molecule has 0 bridgehead atoms. The van der Waals surface area contributed by atoms with Gasteiger partial charge in [0.15, 0.2) is 0 Å². The normalized spacial score (nSPS) is 15.2. The molecular formula is C24H36O4. The Balaban J connectivity index is 3.81. The van der Waals surface area contributed by atoms with Crippen LogP contribution in [0.25, 0.3) is 0 Å². The van der Waals surface area contributed by atoms with Crippen LogP contribution in [-0.4, -0.2) is 33.5 Å². The van der Waals surface area contributed by atoms with Crippen molar-refractivity contribution in [2.75, 3.05) is 0 Å². The molecule has 0 aliphatic heterocycles. The Morgan fingerprint density at radius 1 is 0.786 bits per heavy atom. The second-order valence-corrected chi connectivity index (χ2v) is 6.46. The van der Waals surface area contributed by atoms with Gasteiger partial charge in [0.1, 0.15) is 0 Å². The average molecular weight is 389 g/mol. The number of allylic oxidation sites excluding steroid dienone is 8. The highest BCUT2D eigenvalue weighted by molar-refractivity contribution is 5.66. The maximum Gasteiger partial charge on any atom is 0.303 e. The van der Waals surface area contributed by atoms with Crippen LogP contribution in [0.2, 0.25) is 0 Å². The Bertz CT molecular complexity index is 553. The van der Waals surface area contributed by atoms with Gasteiger partial charge in [-0.15, -0.1) is 0 Å². The summed E-state index contributed by atoms with van der Waals surface area (Å²) in [4.78, 5) is 10.4. The van der Waals surface area contributed by atoms with Crippen molar-refractivity contribution in [2.45, 2.75) is 70.5 Å². The molecule has 4 heteroatoms. The number of aliphatic carboxylic acids is 1. The van der Waals surface area contributed by atoms with Gasteiger partial charge in [0.2, 0.25) is 0 Å². The standard InChI is InChI=1S/C24H36O4/c1-2-3-12-17-22(25)19-14-10-11-15-20-23(26)18-13-8-6-4-5-7-9-16-21-24(27)28/h3-5,8,10-15,19-20,22-23,25-26H,2,6-7,9,16-18,21H2,1H3,(H,27,28)/b5-4-,11-10+,12-3-,13-8-,19-14-,20-15+. The molecule has 0 saturated heterocycles. The van der Waals surface area contributed by atoms with E-state index < -0.39 is 18.2 Å². The van der Waals surface area contributed by atoms with Gasteiger partial charge < -0.3 is 15.3 Å². The summed E-state index contributed by atoms with van der Waals surface area (Å²) < 4.78 is 0. The number of unbranched alkanes of at least 4 members (excludes halogenated alkanes) is 2. The minimum absolute atomic E-state index is 0.239. The van der Waals surface area contributed by atoms with Crippen molar-refractivity contribution in [2.24, 2.45) is 0 Å². The molecule has 2 unspecified atom stereocenters. The number of aliphatic hydroxyl groups excluding tert-OH is 2. The summed E-state index contributed by atoms with van der Waals surface area (Å²) in [6.45, 7) is 2.06. The fourth-order valence-corrected chi connectivity index (χ4v) is 2.24. The largest absolute Gasteiger partial charge is 0.481 e. The smallest absolute Gasteiger partial charge is 0.303 e. The Morgan fingerprint density at radius 3 is 1.93 bits per heavy atom. The molecule has 0 saturated carbocycles. The van der Waals surface area contributed by atoms with Gasteiger partial charge in [-0.2, -0.15) is 0 Å². The van der Waals surface area contributed by atoms with Crippen LogP contribution in [0, 0.1) is 0 Å². The number of rotatable bonds is 16. The molecule has 4 nitrogen and oxygen atoms in total. The Hall–Kier alpha value is -2.17. The van der Waals surface area contributed by atoms with Crippen molar-refractivity contribution in [1.82, 2.24) is 0 Å². The molecule has 0 heterocycles. The molecule has 0 rings (SSSR count). The van der Waals surface area contributed by atoms with Crippen LogP contribution >= 0.6 is 0 Å². The lowest BCUT2D eigenvalue weighted by Gasteiger charge is -1.99. The third kappa shape index (κ3) is 20.1. The van der Waals surface area contributed by atoms with Crippen LogP contribution in [0.1, 0.15) is 58.3 Å². The maximum atomic E-state index is 10.4. The first kappa shape index (κ1) is 25.8. The molecule has 3 N–H and O–H groups in total. The summed E-state index contributed by atoms with van der Waals surface area (Å²) in [6, 6.07) is 0. The zero-order chi connectivity index (χ0) is 20.9. The Morgan fingerprint density at radius 2 is 1.36 bits per heavy atom. The number of aliphatic hydroxyl groups is 2. The van der Waals surface area contributed by atoms with E-state index in [0.29, 0.717) is 12.8 Å². The third-order valence-electron chi connectivity index (χ3n) is 3.77. The first-order valence-electron chi connectivity index (χ1n) is 10.1. The minimum atomic E-state index is -0.735. The second-order valence-electron chi connectivity index (χ2n) is 6.46. The summed E-state index contributed by atoms with van der Waals surface area (Å²) >= 11 is 0. The average Bonchev–Trinajstić information content (AvgIpc) is 2.66. The lowest BCUT2D eigenvalue weighted by molar-refractivity contribution is -0.137. The lowest BCUT2D eigenvalue weighted by Crippen LogP contribution is -1.98. The van der Waals surface area contributed by atoms with Gasteiger partial charge in [-0.1, -0.05) is 79.8 Å². The van der Waals surface area contributed by atoms with E-state index in [1.54, 1.807) is 24.3 Å². The van der Waals surface area contributed by atoms with E-state index >= 15 is 0 Å². The summed E-state index contributed by atoms with van der Waals surface area (Å²) in [7, 11) is 0. The predicted octanol–water partition coefficient (Wildman–Crippen LogP) is 5.27.